The van der Waals surface area contributed by atoms with Gasteiger partial charge in [0.1, 0.15) is 0 Å². The molecule has 32 heavy (non-hydrogen) atoms. The Bertz CT molecular complexity index is 908. The van der Waals surface area contributed by atoms with Gasteiger partial charge in [-0.25, -0.2) is 0 Å². The lowest BCUT2D eigenvalue weighted by atomic mass is 10.1. The van der Waals surface area contributed by atoms with Crippen LogP contribution in [0.5, 0.6) is 0 Å². The van der Waals surface area contributed by atoms with Gasteiger partial charge in [0.25, 0.3) is 5.91 Å². The summed E-state index contributed by atoms with van der Waals surface area (Å²) in [5.74, 6) is -0.293. The van der Waals surface area contributed by atoms with E-state index in [0.29, 0.717) is 17.8 Å². The molecule has 1 aliphatic heterocycles. The second kappa shape index (κ2) is 10.7. The number of rotatable bonds is 6. The van der Waals surface area contributed by atoms with Gasteiger partial charge >= 0.3 is 0 Å². The minimum atomic E-state index is -0.201. The highest BCUT2D eigenvalue weighted by molar-refractivity contribution is 6.04. The first-order chi connectivity index (χ1) is 15.2. The van der Waals surface area contributed by atoms with Crippen molar-refractivity contribution >= 4 is 17.5 Å². The van der Waals surface area contributed by atoms with Crippen LogP contribution in [-0.2, 0) is 4.79 Å². The monoisotopic (exact) mass is 436 g/mol. The molecule has 6 heteroatoms. The number of benzene rings is 2. The van der Waals surface area contributed by atoms with Crippen LogP contribution in [0.1, 0.15) is 56.1 Å². The highest BCUT2D eigenvalue weighted by Gasteiger charge is 2.25. The predicted molar refractivity (Wildman–Crippen MR) is 130 cm³/mol. The molecule has 0 spiro atoms. The molecule has 0 radical (unpaired) electrons. The largest absolute Gasteiger partial charge is 0.345 e. The first-order valence-electron chi connectivity index (χ1n) is 11.5. The zero-order valence-corrected chi connectivity index (χ0v) is 19.7. The van der Waals surface area contributed by atoms with Crippen LogP contribution in [0.2, 0.25) is 0 Å². The summed E-state index contributed by atoms with van der Waals surface area (Å²) in [5.41, 5.74) is 2.19. The summed E-state index contributed by atoms with van der Waals surface area (Å²) >= 11 is 0. The van der Waals surface area contributed by atoms with E-state index in [1.165, 1.54) is 0 Å². The molecule has 1 aliphatic rings. The second-order valence-electron chi connectivity index (χ2n) is 9.49. The molecule has 0 aromatic heterocycles. The highest BCUT2D eigenvalue weighted by Crippen LogP contribution is 2.19. The van der Waals surface area contributed by atoms with Crippen molar-refractivity contribution in [2.24, 2.45) is 0 Å². The number of anilines is 1. The summed E-state index contributed by atoms with van der Waals surface area (Å²) in [7, 11) is 0. The fourth-order valence-corrected chi connectivity index (χ4v) is 4.08. The number of hydrogen-bond acceptors (Lipinski definition) is 4. The zero-order valence-electron chi connectivity index (χ0n) is 19.7. The van der Waals surface area contributed by atoms with E-state index in [1.807, 2.05) is 49.4 Å². The molecule has 1 saturated heterocycles. The smallest absolute Gasteiger partial charge is 0.253 e. The molecular formula is C26H36N4O2. The van der Waals surface area contributed by atoms with Gasteiger partial charge in [0.15, 0.2) is 0 Å². The van der Waals surface area contributed by atoms with Crippen molar-refractivity contribution < 1.29 is 9.59 Å². The number of carbonyl (C=O) groups is 2. The van der Waals surface area contributed by atoms with Crippen molar-refractivity contribution in [2.75, 3.05) is 38.0 Å². The minimum absolute atomic E-state index is 0.0921. The number of nitrogens with zero attached hydrogens (tertiary/aromatic N) is 2. The Kier molecular flexibility index (Phi) is 8.04. The lowest BCUT2D eigenvalue weighted by Crippen LogP contribution is -2.44. The van der Waals surface area contributed by atoms with Crippen LogP contribution in [0.25, 0.3) is 0 Å². The molecule has 1 unspecified atom stereocenters. The summed E-state index contributed by atoms with van der Waals surface area (Å²) in [5, 5.41) is 5.99. The van der Waals surface area contributed by atoms with Gasteiger partial charge in [-0.05, 0) is 64.9 Å². The first-order valence-corrected chi connectivity index (χ1v) is 11.5. The van der Waals surface area contributed by atoms with E-state index in [4.69, 9.17) is 0 Å². The van der Waals surface area contributed by atoms with E-state index < -0.39 is 0 Å². The molecule has 3 rings (SSSR count). The van der Waals surface area contributed by atoms with Crippen LogP contribution in [-0.4, -0.2) is 59.9 Å². The molecule has 172 valence electrons. The number of nitrogens with one attached hydrogen (secondary N) is 2. The molecule has 0 bridgehead atoms. The lowest BCUT2D eigenvalue weighted by Gasteiger charge is -2.34. The van der Waals surface area contributed by atoms with E-state index in [0.717, 1.165) is 38.2 Å². The van der Waals surface area contributed by atoms with E-state index in [2.05, 4.69) is 41.2 Å². The normalized spacial score (nSPS) is 16.8. The Balaban J connectivity index is 1.59. The maximum atomic E-state index is 12.9. The molecule has 2 aromatic carbocycles. The standard InChI is InChI=1S/C26H36N4O2/c1-20(21-11-6-5-7-12-21)27-25(32)22-13-8-9-14-23(22)28-24(31)19-29-15-10-16-30(18-17-29)26(2,3)4/h5-9,11-14,20H,10,15-19H2,1-4H3,(H,27,32)(H,28,31). The fourth-order valence-electron chi connectivity index (χ4n) is 4.08. The van der Waals surface area contributed by atoms with Crippen molar-refractivity contribution in [2.45, 2.75) is 45.7 Å². The quantitative estimate of drug-likeness (QED) is 0.720. The third-order valence-electron chi connectivity index (χ3n) is 6.00. The Morgan fingerprint density at radius 1 is 0.938 bits per heavy atom. The summed E-state index contributed by atoms with van der Waals surface area (Å²) in [6.45, 7) is 12.7. The van der Waals surface area contributed by atoms with Crippen LogP contribution in [0, 0.1) is 0 Å². The Morgan fingerprint density at radius 2 is 1.62 bits per heavy atom. The minimum Gasteiger partial charge on any atom is -0.345 e. The molecule has 0 saturated carbocycles. The number of para-hydroxylation sites is 1. The average Bonchev–Trinajstić information content (AvgIpc) is 3.00. The molecule has 6 nitrogen and oxygen atoms in total. The van der Waals surface area contributed by atoms with Crippen LogP contribution < -0.4 is 10.6 Å². The fraction of sp³-hybridized carbons (Fsp3) is 0.462. The molecule has 2 aromatic rings. The summed E-state index contributed by atoms with van der Waals surface area (Å²) in [6.07, 6.45) is 1.04. The molecule has 2 amide bonds. The molecule has 0 aliphatic carbocycles. The van der Waals surface area contributed by atoms with Crippen molar-refractivity contribution in [3.63, 3.8) is 0 Å². The van der Waals surface area contributed by atoms with Gasteiger partial charge in [-0.15, -0.1) is 0 Å². The SMILES string of the molecule is CC(NC(=O)c1ccccc1NC(=O)CN1CCCN(C(C)(C)C)CC1)c1ccccc1. The van der Waals surface area contributed by atoms with Crippen LogP contribution in [0.4, 0.5) is 5.69 Å². The summed E-state index contributed by atoms with van der Waals surface area (Å²) in [4.78, 5) is 30.4. The molecular weight excluding hydrogens is 400 g/mol. The second-order valence-corrected chi connectivity index (χ2v) is 9.49. The van der Waals surface area contributed by atoms with Gasteiger partial charge in [-0.3, -0.25) is 19.4 Å². The molecule has 1 heterocycles. The van der Waals surface area contributed by atoms with E-state index in [1.54, 1.807) is 12.1 Å². The van der Waals surface area contributed by atoms with Crippen molar-refractivity contribution in [1.82, 2.24) is 15.1 Å². The number of amides is 2. The van der Waals surface area contributed by atoms with Gasteiger partial charge in [0, 0.05) is 18.6 Å². The molecule has 2 N–H and O–H groups in total. The highest BCUT2D eigenvalue weighted by atomic mass is 16.2. The number of hydrogen-bond donors (Lipinski definition) is 2. The van der Waals surface area contributed by atoms with Crippen molar-refractivity contribution in [3.8, 4) is 0 Å². The maximum absolute atomic E-state index is 12.9. The third-order valence-corrected chi connectivity index (χ3v) is 6.00. The van der Waals surface area contributed by atoms with Crippen molar-refractivity contribution in [3.05, 3.63) is 65.7 Å². The van der Waals surface area contributed by atoms with Gasteiger partial charge in [0.05, 0.1) is 23.8 Å². The number of carbonyl (C=O) groups excluding carboxylic acids is 2. The zero-order chi connectivity index (χ0) is 23.1. The average molecular weight is 437 g/mol. The van der Waals surface area contributed by atoms with Gasteiger partial charge in [-0.2, -0.15) is 0 Å². The van der Waals surface area contributed by atoms with Gasteiger partial charge in [-0.1, -0.05) is 42.5 Å². The molecule has 1 atom stereocenters. The Morgan fingerprint density at radius 3 is 2.34 bits per heavy atom. The topological polar surface area (TPSA) is 64.7 Å². The van der Waals surface area contributed by atoms with E-state index in [9.17, 15) is 9.59 Å². The maximum Gasteiger partial charge on any atom is 0.253 e. The Hall–Kier alpha value is -2.70. The van der Waals surface area contributed by atoms with Gasteiger partial charge < -0.3 is 10.6 Å². The van der Waals surface area contributed by atoms with Gasteiger partial charge in [0.2, 0.25) is 5.91 Å². The third kappa shape index (κ3) is 6.65. The van der Waals surface area contributed by atoms with Crippen molar-refractivity contribution in [1.29, 1.82) is 0 Å². The predicted octanol–water partition coefficient (Wildman–Crippen LogP) is 3.92. The van der Waals surface area contributed by atoms with Crippen LogP contribution in [0.15, 0.2) is 54.6 Å². The lowest BCUT2D eigenvalue weighted by molar-refractivity contribution is -0.117. The van der Waals surface area contributed by atoms with E-state index >= 15 is 0 Å². The van der Waals surface area contributed by atoms with E-state index in [-0.39, 0.29) is 23.4 Å². The van der Waals surface area contributed by atoms with Crippen LogP contribution in [0.3, 0.4) is 0 Å². The first kappa shape index (κ1) is 24.0. The Labute approximate surface area is 192 Å². The summed E-state index contributed by atoms with van der Waals surface area (Å²) < 4.78 is 0. The summed E-state index contributed by atoms with van der Waals surface area (Å²) in [6, 6.07) is 16.9. The van der Waals surface area contributed by atoms with Crippen LogP contribution >= 0.6 is 0 Å². The molecule has 1 fully saturated rings.